The Bertz CT molecular complexity index is 2530. The Kier molecular flexibility index (Phi) is 6.27. The van der Waals surface area contributed by atoms with Crippen LogP contribution in [0.2, 0.25) is 0 Å². The van der Waals surface area contributed by atoms with E-state index in [1.54, 1.807) is 14.2 Å². The first-order valence-electron chi connectivity index (χ1n) is 16.3. The van der Waals surface area contributed by atoms with Crippen LogP contribution in [0.15, 0.2) is 103 Å². The highest BCUT2D eigenvalue weighted by molar-refractivity contribution is 5.97. The second-order valence-electron chi connectivity index (χ2n) is 12.6. The molecule has 2 aliphatic heterocycles. The van der Waals surface area contributed by atoms with Gasteiger partial charge in [-0.25, -0.2) is 0 Å². The smallest absolute Gasteiger partial charge is 0.189 e. The van der Waals surface area contributed by atoms with Crippen LogP contribution in [0.3, 0.4) is 0 Å². The fourth-order valence-corrected chi connectivity index (χ4v) is 8.12. The molecule has 6 aromatic rings. The van der Waals surface area contributed by atoms with Crippen molar-refractivity contribution in [2.45, 2.75) is 19.3 Å². The van der Waals surface area contributed by atoms with Crippen LogP contribution in [-0.4, -0.2) is 14.2 Å². The molecule has 7 nitrogen and oxygen atoms in total. The first kappa shape index (κ1) is 29.4. The standard InChI is InChI=1S/C43H29N3O4/c1-24-25(2)30(23-45)42-41(29(24)22-44)49-39-20-34-36(21-40(39)50-42)46(26-12-6-5-7-13-26)35-17-11-10-16-32(35)43(34)31-15-9-8-14-27(31)28-18-37(47-3)38(48-4)19-33(28)43/h5-21H,1-4H3. The van der Waals surface area contributed by atoms with Gasteiger partial charge in [0.15, 0.2) is 34.5 Å². The number of ether oxygens (including phenoxy) is 4. The lowest BCUT2D eigenvalue weighted by molar-refractivity contribution is 0.354. The van der Waals surface area contributed by atoms with Gasteiger partial charge in [0.1, 0.15) is 23.3 Å². The van der Waals surface area contributed by atoms with Crippen LogP contribution in [0.1, 0.15) is 44.5 Å². The average Bonchev–Trinajstić information content (AvgIpc) is 3.44. The van der Waals surface area contributed by atoms with E-state index in [0.29, 0.717) is 45.3 Å². The van der Waals surface area contributed by atoms with E-state index >= 15 is 0 Å². The van der Waals surface area contributed by atoms with Gasteiger partial charge in [0.25, 0.3) is 0 Å². The van der Waals surface area contributed by atoms with Gasteiger partial charge >= 0.3 is 0 Å². The number of nitriles is 2. The molecule has 6 aromatic carbocycles. The molecule has 9 rings (SSSR count). The highest BCUT2D eigenvalue weighted by atomic mass is 16.6. The van der Waals surface area contributed by atoms with Gasteiger partial charge in [-0.15, -0.1) is 0 Å². The molecular formula is C43H29N3O4. The molecule has 0 fully saturated rings. The van der Waals surface area contributed by atoms with Crippen molar-refractivity contribution in [1.82, 2.24) is 0 Å². The maximum absolute atomic E-state index is 10.3. The van der Waals surface area contributed by atoms with Gasteiger partial charge in [0.05, 0.1) is 31.0 Å². The first-order chi connectivity index (χ1) is 24.5. The minimum atomic E-state index is -0.805. The number of fused-ring (bicyclic) bond motifs is 11. The molecule has 1 atom stereocenters. The van der Waals surface area contributed by atoms with E-state index in [-0.39, 0.29) is 11.5 Å². The highest BCUT2D eigenvalue weighted by Crippen LogP contribution is 2.66. The molecule has 50 heavy (non-hydrogen) atoms. The third kappa shape index (κ3) is 3.66. The lowest BCUT2D eigenvalue weighted by atomic mass is 9.64. The number of para-hydroxylation sites is 2. The third-order valence-electron chi connectivity index (χ3n) is 10.4. The zero-order valence-electron chi connectivity index (χ0n) is 27.8. The molecule has 0 saturated carbocycles. The second-order valence-corrected chi connectivity index (χ2v) is 12.6. The van der Waals surface area contributed by atoms with Gasteiger partial charge in [0, 0.05) is 11.8 Å². The molecule has 1 aliphatic carbocycles. The van der Waals surface area contributed by atoms with Crippen LogP contribution >= 0.6 is 0 Å². The van der Waals surface area contributed by atoms with Crippen LogP contribution in [-0.2, 0) is 5.41 Å². The summed E-state index contributed by atoms with van der Waals surface area (Å²) in [4.78, 5) is 2.25. The minimum Gasteiger partial charge on any atom is -0.493 e. The molecule has 7 heteroatoms. The van der Waals surface area contributed by atoms with Crippen molar-refractivity contribution in [3.8, 4) is 57.8 Å². The fourth-order valence-electron chi connectivity index (χ4n) is 8.12. The maximum Gasteiger partial charge on any atom is 0.189 e. The van der Waals surface area contributed by atoms with E-state index in [0.717, 1.165) is 50.4 Å². The molecule has 240 valence electrons. The number of methoxy groups -OCH3 is 2. The Morgan fingerprint density at radius 3 is 1.82 bits per heavy atom. The van der Waals surface area contributed by atoms with Crippen LogP contribution in [0.4, 0.5) is 17.1 Å². The Morgan fingerprint density at radius 1 is 0.580 bits per heavy atom. The van der Waals surface area contributed by atoms with Gasteiger partial charge in [-0.3, -0.25) is 0 Å². The molecule has 0 radical (unpaired) electrons. The maximum atomic E-state index is 10.3. The monoisotopic (exact) mass is 651 g/mol. The van der Waals surface area contributed by atoms with Gasteiger partial charge in [-0.1, -0.05) is 60.7 Å². The van der Waals surface area contributed by atoms with E-state index in [2.05, 4.69) is 89.8 Å². The van der Waals surface area contributed by atoms with E-state index in [1.807, 2.05) is 44.2 Å². The van der Waals surface area contributed by atoms with Gasteiger partial charge < -0.3 is 23.8 Å². The number of hydrogen-bond donors (Lipinski definition) is 0. The van der Waals surface area contributed by atoms with E-state index in [4.69, 9.17) is 18.9 Å². The Labute approximate surface area is 289 Å². The summed E-state index contributed by atoms with van der Waals surface area (Å²) in [5.41, 5.74) is 10.5. The summed E-state index contributed by atoms with van der Waals surface area (Å²) in [5.74, 6) is 2.69. The zero-order chi connectivity index (χ0) is 34.3. The normalized spacial score (nSPS) is 15.5. The van der Waals surface area contributed by atoms with Crippen molar-refractivity contribution in [3.05, 3.63) is 148 Å². The number of anilines is 3. The number of rotatable bonds is 3. The van der Waals surface area contributed by atoms with Crippen molar-refractivity contribution in [2.24, 2.45) is 0 Å². The molecular weight excluding hydrogens is 622 g/mol. The molecule has 3 aliphatic rings. The topological polar surface area (TPSA) is 87.7 Å². The second kappa shape index (κ2) is 10.7. The Balaban J connectivity index is 1.42. The molecule has 0 N–H and O–H groups in total. The van der Waals surface area contributed by atoms with Gasteiger partial charge in [-0.05, 0) is 94.8 Å². The van der Waals surface area contributed by atoms with Gasteiger partial charge in [0.2, 0.25) is 0 Å². The van der Waals surface area contributed by atoms with Crippen LogP contribution in [0.5, 0.6) is 34.5 Å². The summed E-state index contributed by atoms with van der Waals surface area (Å²) in [6.45, 7) is 3.66. The lowest BCUT2D eigenvalue weighted by Gasteiger charge is -2.45. The average molecular weight is 652 g/mol. The number of benzene rings is 6. The number of nitrogens with zero attached hydrogens (tertiary/aromatic N) is 3. The van der Waals surface area contributed by atoms with Crippen LogP contribution in [0.25, 0.3) is 11.1 Å². The van der Waals surface area contributed by atoms with E-state index in [9.17, 15) is 10.5 Å². The SMILES string of the molecule is COc1cc2c(cc1OC)C1(c3ccccc3-2)c2ccccc2N(c2ccccc2)c2cc3c(cc21)Oc1c(C#N)c(C)c(C)c(C#N)c1O3. The zero-order valence-corrected chi connectivity index (χ0v) is 27.8. The predicted molar refractivity (Wildman–Crippen MR) is 191 cm³/mol. The molecule has 2 heterocycles. The van der Waals surface area contributed by atoms with Crippen LogP contribution < -0.4 is 23.8 Å². The van der Waals surface area contributed by atoms with Crippen molar-refractivity contribution in [3.63, 3.8) is 0 Å². The van der Waals surface area contributed by atoms with Crippen molar-refractivity contribution < 1.29 is 18.9 Å². The molecule has 0 saturated heterocycles. The third-order valence-corrected chi connectivity index (χ3v) is 10.4. The largest absolute Gasteiger partial charge is 0.493 e. The molecule has 1 unspecified atom stereocenters. The van der Waals surface area contributed by atoms with E-state index < -0.39 is 5.41 Å². The van der Waals surface area contributed by atoms with Gasteiger partial charge in [-0.2, -0.15) is 10.5 Å². The van der Waals surface area contributed by atoms with Crippen molar-refractivity contribution >= 4 is 17.1 Å². The van der Waals surface area contributed by atoms with E-state index in [1.165, 1.54) is 0 Å². The van der Waals surface area contributed by atoms with Crippen molar-refractivity contribution in [1.29, 1.82) is 10.5 Å². The fraction of sp³-hybridized carbons (Fsp3) is 0.116. The molecule has 1 spiro atoms. The Hall–Kier alpha value is -6.70. The molecule has 0 aromatic heterocycles. The first-order valence-corrected chi connectivity index (χ1v) is 16.3. The Morgan fingerprint density at radius 2 is 1.16 bits per heavy atom. The summed E-state index contributed by atoms with van der Waals surface area (Å²) in [5, 5.41) is 20.5. The quantitative estimate of drug-likeness (QED) is 0.188. The van der Waals surface area contributed by atoms with Crippen molar-refractivity contribution in [2.75, 3.05) is 19.1 Å². The predicted octanol–water partition coefficient (Wildman–Crippen LogP) is 10.1. The van der Waals surface area contributed by atoms with Crippen LogP contribution in [0, 0.1) is 36.5 Å². The highest BCUT2D eigenvalue weighted by Gasteiger charge is 2.53. The summed E-state index contributed by atoms with van der Waals surface area (Å²) in [6.07, 6.45) is 0. The number of hydrogen-bond acceptors (Lipinski definition) is 7. The lowest BCUT2D eigenvalue weighted by Crippen LogP contribution is -2.36. The summed E-state index contributed by atoms with van der Waals surface area (Å²) >= 11 is 0. The summed E-state index contributed by atoms with van der Waals surface area (Å²) < 4.78 is 25.0. The molecule has 0 amide bonds. The summed E-state index contributed by atoms with van der Waals surface area (Å²) in [7, 11) is 3.31. The summed E-state index contributed by atoms with van der Waals surface area (Å²) in [6, 6.07) is 40.0. The molecule has 0 bridgehead atoms. The minimum absolute atomic E-state index is 0.253.